The molecule has 1 saturated carbocycles. The van der Waals surface area contributed by atoms with Crippen molar-refractivity contribution >= 4 is 17.7 Å². The van der Waals surface area contributed by atoms with Gasteiger partial charge in [-0.15, -0.1) is 0 Å². The highest BCUT2D eigenvalue weighted by atomic mass is 32.2. The Balaban J connectivity index is 1.70. The van der Waals surface area contributed by atoms with Gasteiger partial charge in [0, 0.05) is 36.2 Å². The molecule has 2 aliphatic rings. The summed E-state index contributed by atoms with van der Waals surface area (Å²) < 4.78 is 11.6. The smallest absolute Gasteiger partial charge is 0.191 e. The van der Waals surface area contributed by atoms with Gasteiger partial charge in [-0.05, 0) is 37.8 Å². The molecule has 1 aliphatic heterocycles. The zero-order valence-corrected chi connectivity index (χ0v) is 15.2. The topological polar surface area (TPSA) is 60.1 Å². The van der Waals surface area contributed by atoms with Crippen LogP contribution in [0.15, 0.2) is 23.2 Å². The monoisotopic (exact) mass is 349 g/mol. The lowest BCUT2D eigenvalue weighted by Gasteiger charge is -2.27. The molecule has 1 aromatic carbocycles. The molecule has 0 bridgehead atoms. The first-order valence-corrected chi connectivity index (χ1v) is 9.88. The number of nitrogens with zero attached hydrogens (tertiary/aromatic N) is 2. The third-order valence-corrected chi connectivity index (χ3v) is 5.56. The van der Waals surface area contributed by atoms with Gasteiger partial charge >= 0.3 is 0 Å². The lowest BCUT2D eigenvalue weighted by Crippen LogP contribution is -2.42. The SMILES string of the molecule is COc1ccc(CN=C(N)N2CCSCC2)c(OC2CCCC2)c1. The summed E-state index contributed by atoms with van der Waals surface area (Å²) in [6.45, 7) is 2.50. The molecular weight excluding hydrogens is 322 g/mol. The van der Waals surface area contributed by atoms with Gasteiger partial charge in [0.2, 0.25) is 0 Å². The van der Waals surface area contributed by atoms with Crippen LogP contribution in [0.5, 0.6) is 11.5 Å². The van der Waals surface area contributed by atoms with E-state index in [0.29, 0.717) is 18.6 Å². The van der Waals surface area contributed by atoms with E-state index < -0.39 is 0 Å². The molecule has 0 amide bonds. The molecule has 5 nitrogen and oxygen atoms in total. The van der Waals surface area contributed by atoms with E-state index in [9.17, 15) is 0 Å². The van der Waals surface area contributed by atoms with E-state index in [1.807, 2.05) is 30.0 Å². The standard InChI is InChI=1S/C18H27N3O2S/c1-22-16-7-6-14(17(12-16)23-15-4-2-3-5-15)13-20-18(19)21-8-10-24-11-9-21/h6-7,12,15H,2-5,8-11,13H2,1H3,(H2,19,20). The maximum atomic E-state index is 6.22. The van der Waals surface area contributed by atoms with Crippen molar-refractivity contribution in [2.24, 2.45) is 10.7 Å². The van der Waals surface area contributed by atoms with Crippen LogP contribution in [0.4, 0.5) is 0 Å². The van der Waals surface area contributed by atoms with Crippen molar-refractivity contribution in [3.8, 4) is 11.5 Å². The molecule has 2 N–H and O–H groups in total. The number of benzene rings is 1. The van der Waals surface area contributed by atoms with Crippen LogP contribution in [0.25, 0.3) is 0 Å². The minimum absolute atomic E-state index is 0.316. The lowest BCUT2D eigenvalue weighted by molar-refractivity contribution is 0.207. The second-order valence-electron chi connectivity index (χ2n) is 6.27. The molecule has 1 saturated heterocycles. The molecule has 0 unspecified atom stereocenters. The second kappa shape index (κ2) is 8.51. The van der Waals surface area contributed by atoms with E-state index >= 15 is 0 Å². The largest absolute Gasteiger partial charge is 0.497 e. The average Bonchev–Trinajstić information content (AvgIpc) is 3.14. The molecule has 0 aromatic heterocycles. The fraction of sp³-hybridized carbons (Fsp3) is 0.611. The quantitative estimate of drug-likeness (QED) is 0.654. The van der Waals surface area contributed by atoms with Crippen LogP contribution < -0.4 is 15.2 Å². The van der Waals surface area contributed by atoms with Crippen molar-refractivity contribution in [1.29, 1.82) is 0 Å². The Morgan fingerprint density at radius 2 is 2.04 bits per heavy atom. The first-order valence-electron chi connectivity index (χ1n) is 8.72. The number of hydrogen-bond acceptors (Lipinski definition) is 4. The second-order valence-corrected chi connectivity index (χ2v) is 7.50. The molecule has 1 aromatic rings. The molecule has 0 spiro atoms. The van der Waals surface area contributed by atoms with Crippen LogP contribution in [0.1, 0.15) is 31.2 Å². The van der Waals surface area contributed by atoms with Gasteiger partial charge in [-0.1, -0.05) is 0 Å². The van der Waals surface area contributed by atoms with Gasteiger partial charge in [0.1, 0.15) is 11.5 Å². The minimum Gasteiger partial charge on any atom is -0.497 e. The number of methoxy groups -OCH3 is 1. The van der Waals surface area contributed by atoms with Crippen LogP contribution in [0, 0.1) is 0 Å². The van der Waals surface area contributed by atoms with Crippen LogP contribution in [0.2, 0.25) is 0 Å². The Bertz CT molecular complexity index is 567. The fourth-order valence-electron chi connectivity index (χ4n) is 3.15. The van der Waals surface area contributed by atoms with Crippen molar-refractivity contribution in [3.05, 3.63) is 23.8 Å². The molecule has 1 heterocycles. The Labute approximate surface area is 148 Å². The third kappa shape index (κ3) is 4.50. The zero-order valence-electron chi connectivity index (χ0n) is 14.4. The minimum atomic E-state index is 0.316. The van der Waals surface area contributed by atoms with E-state index in [4.69, 9.17) is 15.2 Å². The van der Waals surface area contributed by atoms with Gasteiger partial charge in [0.15, 0.2) is 5.96 Å². The van der Waals surface area contributed by atoms with Gasteiger partial charge in [-0.2, -0.15) is 11.8 Å². The summed E-state index contributed by atoms with van der Waals surface area (Å²) in [4.78, 5) is 6.76. The maximum Gasteiger partial charge on any atom is 0.191 e. The van der Waals surface area contributed by atoms with Crippen molar-refractivity contribution in [1.82, 2.24) is 4.90 Å². The molecular formula is C18H27N3O2S. The number of thioether (sulfide) groups is 1. The zero-order chi connectivity index (χ0) is 16.8. The predicted octanol–water partition coefficient (Wildman–Crippen LogP) is 2.88. The van der Waals surface area contributed by atoms with Crippen LogP contribution in [0.3, 0.4) is 0 Å². The first-order chi connectivity index (χ1) is 11.8. The summed E-state index contributed by atoms with van der Waals surface area (Å²) in [5.74, 6) is 4.57. The lowest BCUT2D eigenvalue weighted by atomic mass is 10.2. The first kappa shape index (κ1) is 17.3. The maximum absolute atomic E-state index is 6.22. The highest BCUT2D eigenvalue weighted by Crippen LogP contribution is 2.30. The molecule has 132 valence electrons. The summed E-state index contributed by atoms with van der Waals surface area (Å²) in [6, 6.07) is 5.96. The van der Waals surface area contributed by atoms with Gasteiger partial charge in [-0.3, -0.25) is 0 Å². The average molecular weight is 350 g/mol. The number of hydrogen-bond donors (Lipinski definition) is 1. The number of nitrogens with two attached hydrogens (primary N) is 1. The van der Waals surface area contributed by atoms with Gasteiger partial charge < -0.3 is 20.1 Å². The highest BCUT2D eigenvalue weighted by molar-refractivity contribution is 7.99. The van der Waals surface area contributed by atoms with Gasteiger partial charge in [-0.25, -0.2) is 4.99 Å². The molecule has 24 heavy (non-hydrogen) atoms. The molecule has 0 radical (unpaired) electrons. The normalized spacial score (nSPS) is 19.5. The Morgan fingerprint density at radius 1 is 1.29 bits per heavy atom. The van der Waals surface area contributed by atoms with E-state index in [1.165, 1.54) is 12.8 Å². The van der Waals surface area contributed by atoms with Crippen molar-refractivity contribution < 1.29 is 9.47 Å². The van der Waals surface area contributed by atoms with E-state index in [2.05, 4.69) is 9.89 Å². The molecule has 1 aliphatic carbocycles. The van der Waals surface area contributed by atoms with Crippen LogP contribution in [-0.2, 0) is 6.54 Å². The summed E-state index contributed by atoms with van der Waals surface area (Å²) in [5, 5.41) is 0. The molecule has 2 fully saturated rings. The van der Waals surface area contributed by atoms with Crippen LogP contribution in [-0.4, -0.2) is 48.7 Å². The number of guanidine groups is 1. The summed E-state index contributed by atoms with van der Waals surface area (Å²) >= 11 is 1.97. The molecule has 3 rings (SSSR count). The summed E-state index contributed by atoms with van der Waals surface area (Å²) in [6.07, 6.45) is 5.08. The summed E-state index contributed by atoms with van der Waals surface area (Å²) in [5.41, 5.74) is 7.23. The number of ether oxygens (including phenoxy) is 2. The Morgan fingerprint density at radius 3 is 2.75 bits per heavy atom. The van der Waals surface area contributed by atoms with E-state index in [-0.39, 0.29) is 0 Å². The van der Waals surface area contributed by atoms with Crippen molar-refractivity contribution in [2.45, 2.75) is 38.3 Å². The Kier molecular flexibility index (Phi) is 6.12. The fourth-order valence-corrected chi connectivity index (χ4v) is 4.05. The number of rotatable bonds is 5. The summed E-state index contributed by atoms with van der Waals surface area (Å²) in [7, 11) is 1.68. The van der Waals surface area contributed by atoms with Crippen molar-refractivity contribution in [2.75, 3.05) is 31.7 Å². The van der Waals surface area contributed by atoms with Gasteiger partial charge in [0.25, 0.3) is 0 Å². The van der Waals surface area contributed by atoms with Crippen LogP contribution >= 0.6 is 11.8 Å². The van der Waals surface area contributed by atoms with Crippen molar-refractivity contribution in [3.63, 3.8) is 0 Å². The number of aliphatic imine (C=N–C) groups is 1. The van der Waals surface area contributed by atoms with E-state index in [1.54, 1.807) is 7.11 Å². The predicted molar refractivity (Wildman–Crippen MR) is 100 cm³/mol. The third-order valence-electron chi connectivity index (χ3n) is 4.62. The highest BCUT2D eigenvalue weighted by Gasteiger charge is 2.19. The van der Waals surface area contributed by atoms with Gasteiger partial charge in [0.05, 0.1) is 19.8 Å². The molecule has 0 atom stereocenters. The molecule has 6 heteroatoms. The Hall–Kier alpha value is -1.56. The van der Waals surface area contributed by atoms with E-state index in [0.717, 1.165) is 54.5 Å².